The van der Waals surface area contributed by atoms with Gasteiger partial charge in [-0.3, -0.25) is 4.79 Å². The van der Waals surface area contributed by atoms with Gasteiger partial charge in [0.1, 0.15) is 0 Å². The van der Waals surface area contributed by atoms with Gasteiger partial charge in [-0.05, 0) is 24.1 Å². The minimum absolute atomic E-state index is 0.161. The third-order valence-corrected chi connectivity index (χ3v) is 2.26. The summed E-state index contributed by atoms with van der Waals surface area (Å²) in [6.45, 7) is 2.44. The maximum Gasteiger partial charge on any atom is 0.251 e. The molecule has 4 heteroatoms. The summed E-state index contributed by atoms with van der Waals surface area (Å²) in [6.07, 6.45) is 0.876. The molecule has 0 aliphatic rings. The fourth-order valence-electron chi connectivity index (χ4n) is 1.23. The van der Waals surface area contributed by atoms with Gasteiger partial charge in [-0.2, -0.15) is 0 Å². The molecule has 0 aliphatic carbocycles. The minimum Gasteiger partial charge on any atom is -0.392 e. The van der Waals surface area contributed by atoms with Gasteiger partial charge in [-0.15, -0.1) is 0 Å². The largest absolute Gasteiger partial charge is 0.392 e. The lowest BCUT2D eigenvalue weighted by Crippen LogP contribution is -2.25. The zero-order chi connectivity index (χ0) is 11.3. The lowest BCUT2D eigenvalue weighted by molar-refractivity contribution is 0.0950. The van der Waals surface area contributed by atoms with E-state index in [4.69, 9.17) is 16.7 Å². The van der Waals surface area contributed by atoms with Crippen LogP contribution in [0.5, 0.6) is 0 Å². The zero-order valence-corrected chi connectivity index (χ0v) is 9.34. The standard InChI is InChI=1S/C11H14ClNO2/c1-2-5-13-11(15)10-6-9(12)4-3-8(10)7-14/h3-4,6,14H,2,5,7H2,1H3,(H,13,15). The zero-order valence-electron chi connectivity index (χ0n) is 8.59. The van der Waals surface area contributed by atoms with E-state index in [0.717, 1.165) is 6.42 Å². The predicted octanol–water partition coefficient (Wildman–Crippen LogP) is 1.97. The molecule has 3 nitrogen and oxygen atoms in total. The maximum atomic E-state index is 11.7. The molecule has 2 N–H and O–H groups in total. The Morgan fingerprint density at radius 2 is 2.27 bits per heavy atom. The molecule has 0 radical (unpaired) electrons. The number of nitrogens with one attached hydrogen (secondary N) is 1. The number of hydrogen-bond donors (Lipinski definition) is 2. The number of benzene rings is 1. The van der Waals surface area contributed by atoms with Crippen molar-refractivity contribution < 1.29 is 9.90 Å². The summed E-state index contributed by atoms with van der Waals surface area (Å²) in [7, 11) is 0. The number of halogens is 1. The number of amides is 1. The van der Waals surface area contributed by atoms with Gasteiger partial charge in [0.15, 0.2) is 0 Å². The highest BCUT2D eigenvalue weighted by Gasteiger charge is 2.10. The second kappa shape index (κ2) is 5.73. The first-order valence-electron chi connectivity index (χ1n) is 4.86. The van der Waals surface area contributed by atoms with Gasteiger partial charge in [0.25, 0.3) is 5.91 Å². The molecule has 1 aromatic carbocycles. The minimum atomic E-state index is -0.191. The number of carbonyl (C=O) groups excluding carboxylic acids is 1. The van der Waals surface area contributed by atoms with E-state index in [2.05, 4.69) is 5.32 Å². The van der Waals surface area contributed by atoms with E-state index in [0.29, 0.717) is 22.7 Å². The van der Waals surface area contributed by atoms with Crippen molar-refractivity contribution in [3.05, 3.63) is 34.3 Å². The fourth-order valence-corrected chi connectivity index (χ4v) is 1.40. The number of rotatable bonds is 4. The Morgan fingerprint density at radius 1 is 1.53 bits per heavy atom. The van der Waals surface area contributed by atoms with Gasteiger partial charge in [-0.1, -0.05) is 24.6 Å². The van der Waals surface area contributed by atoms with Crippen LogP contribution in [0, 0.1) is 0 Å². The lowest BCUT2D eigenvalue weighted by Gasteiger charge is -2.08. The van der Waals surface area contributed by atoms with E-state index in [1.165, 1.54) is 0 Å². The van der Waals surface area contributed by atoms with E-state index in [1.807, 2.05) is 6.92 Å². The summed E-state index contributed by atoms with van der Waals surface area (Å²) in [4.78, 5) is 11.7. The molecule has 1 aromatic rings. The molecule has 0 heterocycles. The molecule has 1 rings (SSSR count). The van der Waals surface area contributed by atoms with E-state index < -0.39 is 0 Å². The normalized spacial score (nSPS) is 10.1. The SMILES string of the molecule is CCCNC(=O)c1cc(Cl)ccc1CO. The average Bonchev–Trinajstić information content (AvgIpc) is 2.25. The van der Waals surface area contributed by atoms with E-state index in [-0.39, 0.29) is 12.5 Å². The van der Waals surface area contributed by atoms with Crippen molar-refractivity contribution in [3.63, 3.8) is 0 Å². The molecular weight excluding hydrogens is 214 g/mol. The van der Waals surface area contributed by atoms with E-state index >= 15 is 0 Å². The molecule has 82 valence electrons. The van der Waals surface area contributed by atoms with Crippen LogP contribution in [0.25, 0.3) is 0 Å². The molecule has 0 aliphatic heterocycles. The number of aliphatic hydroxyl groups excluding tert-OH is 1. The molecule has 15 heavy (non-hydrogen) atoms. The Morgan fingerprint density at radius 3 is 2.87 bits per heavy atom. The second-order valence-electron chi connectivity index (χ2n) is 3.22. The summed E-state index contributed by atoms with van der Waals surface area (Å²) in [6, 6.07) is 4.88. The first kappa shape index (κ1) is 12.0. The summed E-state index contributed by atoms with van der Waals surface area (Å²) < 4.78 is 0. The van der Waals surface area contributed by atoms with Crippen molar-refractivity contribution in [2.75, 3.05) is 6.54 Å². The highest BCUT2D eigenvalue weighted by atomic mass is 35.5. The molecule has 0 saturated carbocycles. The summed E-state index contributed by atoms with van der Waals surface area (Å²) in [5.41, 5.74) is 1.03. The topological polar surface area (TPSA) is 49.3 Å². The van der Waals surface area contributed by atoms with Crippen molar-refractivity contribution in [1.29, 1.82) is 0 Å². The van der Waals surface area contributed by atoms with Gasteiger partial charge in [0, 0.05) is 17.1 Å². The van der Waals surface area contributed by atoms with Crippen LogP contribution in [-0.2, 0) is 6.61 Å². The first-order chi connectivity index (χ1) is 7.19. The van der Waals surface area contributed by atoms with Crippen molar-refractivity contribution in [2.24, 2.45) is 0 Å². The predicted molar refractivity (Wildman–Crippen MR) is 60.0 cm³/mol. The summed E-state index contributed by atoms with van der Waals surface area (Å²) in [5.74, 6) is -0.191. The fraction of sp³-hybridized carbons (Fsp3) is 0.364. The molecular formula is C11H14ClNO2. The highest BCUT2D eigenvalue weighted by molar-refractivity contribution is 6.31. The lowest BCUT2D eigenvalue weighted by atomic mass is 10.1. The van der Waals surface area contributed by atoms with Crippen LogP contribution in [-0.4, -0.2) is 17.6 Å². The second-order valence-corrected chi connectivity index (χ2v) is 3.65. The summed E-state index contributed by atoms with van der Waals surface area (Å²) >= 11 is 5.79. The highest BCUT2D eigenvalue weighted by Crippen LogP contribution is 2.16. The molecule has 0 aromatic heterocycles. The van der Waals surface area contributed by atoms with Crippen LogP contribution in [0.15, 0.2) is 18.2 Å². The van der Waals surface area contributed by atoms with E-state index in [9.17, 15) is 4.79 Å². The van der Waals surface area contributed by atoms with Crippen molar-refractivity contribution in [3.8, 4) is 0 Å². The maximum absolute atomic E-state index is 11.7. The van der Waals surface area contributed by atoms with Crippen molar-refractivity contribution in [2.45, 2.75) is 20.0 Å². The Balaban J connectivity index is 2.90. The van der Waals surface area contributed by atoms with Crippen LogP contribution in [0.4, 0.5) is 0 Å². The van der Waals surface area contributed by atoms with Crippen molar-refractivity contribution >= 4 is 17.5 Å². The molecule has 0 atom stereocenters. The number of hydrogen-bond acceptors (Lipinski definition) is 2. The average molecular weight is 228 g/mol. The van der Waals surface area contributed by atoms with Crippen LogP contribution in [0.3, 0.4) is 0 Å². The molecule has 0 fully saturated rings. The molecule has 0 bridgehead atoms. The van der Waals surface area contributed by atoms with Gasteiger partial charge in [0.05, 0.1) is 6.61 Å². The quantitative estimate of drug-likeness (QED) is 0.826. The molecule has 0 saturated heterocycles. The first-order valence-corrected chi connectivity index (χ1v) is 5.24. The Kier molecular flexibility index (Phi) is 4.59. The van der Waals surface area contributed by atoms with Crippen LogP contribution < -0.4 is 5.32 Å². The van der Waals surface area contributed by atoms with Crippen molar-refractivity contribution in [1.82, 2.24) is 5.32 Å². The van der Waals surface area contributed by atoms with Crippen LogP contribution in [0.1, 0.15) is 29.3 Å². The Bertz CT molecular complexity index is 352. The summed E-state index contributed by atoms with van der Waals surface area (Å²) in [5, 5.41) is 12.3. The third kappa shape index (κ3) is 3.22. The Hall–Kier alpha value is -1.06. The monoisotopic (exact) mass is 227 g/mol. The van der Waals surface area contributed by atoms with E-state index in [1.54, 1.807) is 18.2 Å². The smallest absolute Gasteiger partial charge is 0.251 e. The third-order valence-electron chi connectivity index (χ3n) is 2.02. The molecule has 1 amide bonds. The number of aliphatic hydroxyl groups is 1. The van der Waals surface area contributed by atoms with Gasteiger partial charge < -0.3 is 10.4 Å². The Labute approximate surface area is 94.1 Å². The van der Waals surface area contributed by atoms with Crippen LogP contribution >= 0.6 is 11.6 Å². The van der Waals surface area contributed by atoms with Gasteiger partial charge >= 0.3 is 0 Å². The number of carbonyl (C=O) groups is 1. The van der Waals surface area contributed by atoms with Crippen LogP contribution in [0.2, 0.25) is 5.02 Å². The molecule has 0 spiro atoms. The van der Waals surface area contributed by atoms with Gasteiger partial charge in [0.2, 0.25) is 0 Å². The van der Waals surface area contributed by atoms with Gasteiger partial charge in [-0.25, -0.2) is 0 Å². The molecule has 0 unspecified atom stereocenters.